The zero-order valence-electron chi connectivity index (χ0n) is 13.8. The Balaban J connectivity index is 1.85. The Morgan fingerprint density at radius 1 is 1.15 bits per heavy atom. The molecule has 0 saturated heterocycles. The van der Waals surface area contributed by atoms with E-state index in [2.05, 4.69) is 30.4 Å². The van der Waals surface area contributed by atoms with E-state index in [1.54, 1.807) is 12.1 Å². The van der Waals surface area contributed by atoms with E-state index >= 15 is 0 Å². The number of halogens is 2. The monoisotopic (exact) mass is 387 g/mol. The minimum Gasteiger partial charge on any atom is -0.465 e. The van der Waals surface area contributed by atoms with Crippen molar-refractivity contribution < 1.29 is 18.7 Å². The van der Waals surface area contributed by atoms with Gasteiger partial charge in [0.05, 0.1) is 41.5 Å². The molecule has 0 saturated carbocycles. The number of nitrogens with one attached hydrogen (secondary N) is 1. The first-order valence-electron chi connectivity index (χ1n) is 7.49. The van der Waals surface area contributed by atoms with Crippen LogP contribution in [0, 0.1) is 5.82 Å². The quantitative estimate of drug-likeness (QED) is 0.686. The molecule has 3 aromatic rings. The highest BCUT2D eigenvalue weighted by Gasteiger charge is 2.19. The smallest absolute Gasteiger partial charge is 0.340 e. The van der Waals surface area contributed by atoms with Crippen LogP contribution in [0.2, 0.25) is 5.02 Å². The van der Waals surface area contributed by atoms with E-state index < -0.39 is 17.7 Å². The second kappa shape index (κ2) is 7.83. The lowest BCUT2D eigenvalue weighted by Gasteiger charge is -2.10. The molecule has 0 fully saturated rings. The predicted octanol–water partition coefficient (Wildman–Crippen LogP) is 2.77. The summed E-state index contributed by atoms with van der Waals surface area (Å²) in [5.41, 5.74) is 0.976. The highest BCUT2D eigenvalue weighted by atomic mass is 35.5. The molecule has 0 aliphatic carbocycles. The summed E-state index contributed by atoms with van der Waals surface area (Å²) in [6.45, 7) is 0. The Hall–Kier alpha value is -3.46. The number of ether oxygens (including phenoxy) is 1. The van der Waals surface area contributed by atoms with Gasteiger partial charge in [0.15, 0.2) is 5.69 Å². The molecule has 0 radical (unpaired) electrons. The van der Waals surface area contributed by atoms with Gasteiger partial charge in [0.2, 0.25) is 0 Å². The van der Waals surface area contributed by atoms with Crippen LogP contribution >= 0.6 is 11.6 Å². The average Bonchev–Trinajstić information content (AvgIpc) is 2.70. The largest absolute Gasteiger partial charge is 0.465 e. The van der Waals surface area contributed by atoms with Gasteiger partial charge in [-0.05, 0) is 30.3 Å². The van der Waals surface area contributed by atoms with Crippen molar-refractivity contribution in [2.45, 2.75) is 0 Å². The average molecular weight is 388 g/mol. The van der Waals surface area contributed by atoms with E-state index in [-0.39, 0.29) is 22.0 Å². The predicted molar refractivity (Wildman–Crippen MR) is 93.8 cm³/mol. The number of anilines is 1. The second-order valence-electron chi connectivity index (χ2n) is 5.19. The number of esters is 1. The molecule has 1 amide bonds. The number of carbonyl (C=O) groups is 2. The number of rotatable bonds is 4. The fraction of sp³-hybridized carbons (Fsp3) is 0.0588. The van der Waals surface area contributed by atoms with E-state index in [0.29, 0.717) is 11.3 Å². The molecule has 0 bridgehead atoms. The lowest BCUT2D eigenvalue weighted by atomic mass is 10.1. The standard InChI is InChI=1S/C17H11ClFN5O3/c1-27-17(26)10-6-12(19)11(18)7-15(10)22-16(25)14-3-2-13(23-24-14)9-4-5-20-21-8-9/h2-8H,1H3,(H,22,25). The fourth-order valence-electron chi connectivity index (χ4n) is 2.16. The number of hydrogen-bond acceptors (Lipinski definition) is 7. The Morgan fingerprint density at radius 3 is 2.59 bits per heavy atom. The third kappa shape index (κ3) is 4.04. The molecule has 10 heteroatoms. The number of aromatic nitrogens is 4. The first-order chi connectivity index (χ1) is 13.0. The van der Waals surface area contributed by atoms with Crippen LogP contribution < -0.4 is 5.32 Å². The first kappa shape index (κ1) is 18.3. The van der Waals surface area contributed by atoms with Crippen LogP contribution in [0.4, 0.5) is 10.1 Å². The third-order valence-electron chi connectivity index (χ3n) is 3.49. The van der Waals surface area contributed by atoms with Gasteiger partial charge in [-0.3, -0.25) is 4.79 Å². The van der Waals surface area contributed by atoms with Crippen LogP contribution in [0.15, 0.2) is 42.7 Å². The molecule has 8 nitrogen and oxygen atoms in total. The Morgan fingerprint density at radius 2 is 1.96 bits per heavy atom. The van der Waals surface area contributed by atoms with Gasteiger partial charge in [-0.15, -0.1) is 10.2 Å². The summed E-state index contributed by atoms with van der Waals surface area (Å²) in [4.78, 5) is 24.2. The van der Waals surface area contributed by atoms with Crippen molar-refractivity contribution in [3.05, 3.63) is 64.8 Å². The SMILES string of the molecule is COC(=O)c1cc(F)c(Cl)cc1NC(=O)c1ccc(-c2ccnnc2)nn1. The Kier molecular flexibility index (Phi) is 5.32. The number of carbonyl (C=O) groups excluding carboxylic acids is 2. The summed E-state index contributed by atoms with van der Waals surface area (Å²) < 4.78 is 18.2. The molecule has 136 valence electrons. The number of nitrogens with zero attached hydrogens (tertiary/aromatic N) is 4. The van der Waals surface area contributed by atoms with Crippen LogP contribution in [-0.4, -0.2) is 39.4 Å². The number of amides is 1. The van der Waals surface area contributed by atoms with Gasteiger partial charge < -0.3 is 10.1 Å². The highest BCUT2D eigenvalue weighted by molar-refractivity contribution is 6.31. The summed E-state index contributed by atoms with van der Waals surface area (Å²) in [6.07, 6.45) is 3.01. The maximum absolute atomic E-state index is 13.6. The summed E-state index contributed by atoms with van der Waals surface area (Å²) >= 11 is 5.73. The van der Waals surface area contributed by atoms with E-state index in [1.165, 1.54) is 18.5 Å². The fourth-order valence-corrected chi connectivity index (χ4v) is 2.33. The van der Waals surface area contributed by atoms with Gasteiger partial charge in [0, 0.05) is 5.56 Å². The minimum atomic E-state index is -0.826. The zero-order valence-corrected chi connectivity index (χ0v) is 14.6. The lowest BCUT2D eigenvalue weighted by molar-refractivity contribution is 0.0601. The van der Waals surface area contributed by atoms with Crippen molar-refractivity contribution in [1.29, 1.82) is 0 Å². The molecule has 0 spiro atoms. The number of hydrogen-bond donors (Lipinski definition) is 1. The maximum Gasteiger partial charge on any atom is 0.340 e. The van der Waals surface area contributed by atoms with Gasteiger partial charge in [0.25, 0.3) is 5.91 Å². The summed E-state index contributed by atoms with van der Waals surface area (Å²) in [5, 5.41) is 17.4. The van der Waals surface area contributed by atoms with Crippen molar-refractivity contribution in [1.82, 2.24) is 20.4 Å². The van der Waals surface area contributed by atoms with Gasteiger partial charge >= 0.3 is 5.97 Å². The maximum atomic E-state index is 13.6. The van der Waals surface area contributed by atoms with Crippen molar-refractivity contribution in [2.24, 2.45) is 0 Å². The third-order valence-corrected chi connectivity index (χ3v) is 3.78. The van der Waals surface area contributed by atoms with Gasteiger partial charge in [-0.2, -0.15) is 10.2 Å². The van der Waals surface area contributed by atoms with E-state index in [4.69, 9.17) is 11.6 Å². The summed E-state index contributed by atoms with van der Waals surface area (Å²) in [5.74, 6) is -2.30. The van der Waals surface area contributed by atoms with Crippen molar-refractivity contribution in [3.8, 4) is 11.3 Å². The molecule has 2 heterocycles. The molecular formula is C17H11ClFN5O3. The van der Waals surface area contributed by atoms with Crippen molar-refractivity contribution in [2.75, 3.05) is 12.4 Å². The second-order valence-corrected chi connectivity index (χ2v) is 5.60. The topological polar surface area (TPSA) is 107 Å². The Bertz CT molecular complexity index is 999. The molecule has 1 aromatic carbocycles. The number of methoxy groups -OCH3 is 1. The molecule has 0 aliphatic rings. The lowest BCUT2D eigenvalue weighted by Crippen LogP contribution is -2.17. The molecule has 27 heavy (non-hydrogen) atoms. The normalized spacial score (nSPS) is 10.3. The van der Waals surface area contributed by atoms with Crippen LogP contribution in [0.1, 0.15) is 20.8 Å². The number of benzene rings is 1. The molecule has 0 atom stereocenters. The van der Waals surface area contributed by atoms with E-state index in [0.717, 1.165) is 19.2 Å². The first-order valence-corrected chi connectivity index (χ1v) is 7.87. The highest BCUT2D eigenvalue weighted by Crippen LogP contribution is 2.25. The Labute approximate surface area is 157 Å². The van der Waals surface area contributed by atoms with Gasteiger partial charge in [-0.25, -0.2) is 9.18 Å². The minimum absolute atomic E-state index is 0.0116. The summed E-state index contributed by atoms with van der Waals surface area (Å²) in [7, 11) is 1.14. The van der Waals surface area contributed by atoms with Crippen LogP contribution in [-0.2, 0) is 4.74 Å². The van der Waals surface area contributed by atoms with Gasteiger partial charge in [-0.1, -0.05) is 11.6 Å². The van der Waals surface area contributed by atoms with Crippen LogP contribution in [0.5, 0.6) is 0 Å². The zero-order chi connectivity index (χ0) is 19.4. The molecule has 0 aliphatic heterocycles. The molecule has 1 N–H and O–H groups in total. The van der Waals surface area contributed by atoms with E-state index in [1.807, 2.05) is 0 Å². The molecule has 3 rings (SSSR count). The van der Waals surface area contributed by atoms with Gasteiger partial charge in [0.1, 0.15) is 5.82 Å². The van der Waals surface area contributed by atoms with Crippen molar-refractivity contribution in [3.63, 3.8) is 0 Å². The van der Waals surface area contributed by atoms with Crippen LogP contribution in [0.3, 0.4) is 0 Å². The molecular weight excluding hydrogens is 377 g/mol. The molecule has 2 aromatic heterocycles. The van der Waals surface area contributed by atoms with Crippen molar-refractivity contribution >= 4 is 29.2 Å². The summed E-state index contributed by atoms with van der Waals surface area (Å²) in [6, 6.07) is 6.72. The van der Waals surface area contributed by atoms with E-state index in [9.17, 15) is 14.0 Å². The van der Waals surface area contributed by atoms with Crippen LogP contribution in [0.25, 0.3) is 11.3 Å². The molecule has 0 unspecified atom stereocenters.